The van der Waals surface area contributed by atoms with Crippen molar-refractivity contribution < 1.29 is 9.53 Å². The Labute approximate surface area is 128 Å². The van der Waals surface area contributed by atoms with Gasteiger partial charge in [-0.05, 0) is 43.1 Å². The van der Waals surface area contributed by atoms with Gasteiger partial charge in [0, 0.05) is 26.3 Å². The summed E-state index contributed by atoms with van der Waals surface area (Å²) in [7, 11) is 1.95. The zero-order valence-electron chi connectivity index (χ0n) is 12.3. The molecule has 0 unspecified atom stereocenters. The first kappa shape index (κ1) is 16.7. The van der Waals surface area contributed by atoms with Crippen LogP contribution in [0.25, 0.3) is 0 Å². The molecule has 1 amide bonds. The summed E-state index contributed by atoms with van der Waals surface area (Å²) in [6.45, 7) is 6.85. The highest BCUT2D eigenvalue weighted by atomic mass is 79.9. The van der Waals surface area contributed by atoms with E-state index in [9.17, 15) is 4.79 Å². The second kappa shape index (κ2) is 7.42. The molecule has 1 N–H and O–H groups in total. The predicted molar refractivity (Wildman–Crippen MR) is 81.9 cm³/mol. The Hall–Kier alpha value is -1.37. The molecule has 1 aromatic heterocycles. The summed E-state index contributed by atoms with van der Waals surface area (Å²) >= 11 is 3.41. The number of nitrogens with zero attached hydrogens (tertiary/aromatic N) is 3. The molecule has 1 rings (SSSR count). The van der Waals surface area contributed by atoms with E-state index in [0.717, 1.165) is 23.3 Å². The van der Waals surface area contributed by atoms with Gasteiger partial charge in [0.1, 0.15) is 17.7 Å². The summed E-state index contributed by atoms with van der Waals surface area (Å²) in [5.41, 5.74) is -0.466. The van der Waals surface area contributed by atoms with Crippen molar-refractivity contribution in [2.24, 2.45) is 0 Å². The number of hydrogen-bond acceptors (Lipinski definition) is 5. The van der Waals surface area contributed by atoms with E-state index in [1.165, 1.54) is 6.33 Å². The average molecular weight is 345 g/mol. The Morgan fingerprint density at radius 3 is 2.80 bits per heavy atom. The minimum Gasteiger partial charge on any atom is -0.444 e. The van der Waals surface area contributed by atoms with Gasteiger partial charge in [0.05, 0.1) is 4.47 Å². The van der Waals surface area contributed by atoms with Gasteiger partial charge >= 0.3 is 6.09 Å². The largest absolute Gasteiger partial charge is 0.444 e. The summed E-state index contributed by atoms with van der Waals surface area (Å²) in [6, 6.07) is 0. The number of carbonyl (C=O) groups excluding carboxylic acids is 1. The highest BCUT2D eigenvalue weighted by molar-refractivity contribution is 9.10. The standard InChI is InChI=1S/C13H21BrN4O2/c1-13(2,3)20-12(19)16-6-5-7-18(4)11-10(14)8-15-9-17-11/h8-9H,5-7H2,1-4H3,(H,16,19). The zero-order valence-corrected chi connectivity index (χ0v) is 13.9. The number of carbonyl (C=O) groups is 1. The molecule has 0 radical (unpaired) electrons. The average Bonchev–Trinajstić information content (AvgIpc) is 2.33. The first-order valence-electron chi connectivity index (χ1n) is 6.43. The molecule has 0 saturated carbocycles. The van der Waals surface area contributed by atoms with Crippen molar-refractivity contribution in [1.82, 2.24) is 15.3 Å². The number of rotatable bonds is 5. The summed E-state index contributed by atoms with van der Waals surface area (Å²) < 4.78 is 6.01. The van der Waals surface area contributed by atoms with E-state index in [2.05, 4.69) is 31.2 Å². The molecule has 0 saturated heterocycles. The number of nitrogens with one attached hydrogen (secondary N) is 1. The molecule has 1 heterocycles. The molecule has 6 nitrogen and oxygen atoms in total. The highest BCUT2D eigenvalue weighted by Gasteiger charge is 2.15. The molecule has 0 aliphatic heterocycles. The van der Waals surface area contributed by atoms with E-state index < -0.39 is 5.60 Å². The van der Waals surface area contributed by atoms with Crippen LogP contribution in [0.5, 0.6) is 0 Å². The fraction of sp³-hybridized carbons (Fsp3) is 0.615. The predicted octanol–water partition coefficient (Wildman–Crippen LogP) is 2.59. The minimum absolute atomic E-state index is 0.386. The molecule has 112 valence electrons. The van der Waals surface area contributed by atoms with Crippen molar-refractivity contribution in [2.45, 2.75) is 32.8 Å². The summed E-state index contributed by atoms with van der Waals surface area (Å²) in [5, 5.41) is 2.73. The van der Waals surface area contributed by atoms with Crippen molar-refractivity contribution in [1.29, 1.82) is 0 Å². The smallest absolute Gasteiger partial charge is 0.407 e. The quantitative estimate of drug-likeness (QED) is 0.831. The molecular formula is C13H21BrN4O2. The molecule has 0 fully saturated rings. The minimum atomic E-state index is -0.466. The topological polar surface area (TPSA) is 67.4 Å². The lowest BCUT2D eigenvalue weighted by Gasteiger charge is -2.21. The SMILES string of the molecule is CN(CCCNC(=O)OC(C)(C)C)c1ncncc1Br. The van der Waals surface area contributed by atoms with Crippen molar-refractivity contribution in [3.05, 3.63) is 17.0 Å². The molecule has 0 atom stereocenters. The molecule has 20 heavy (non-hydrogen) atoms. The van der Waals surface area contributed by atoms with Crippen LogP contribution < -0.4 is 10.2 Å². The zero-order chi connectivity index (χ0) is 15.2. The maximum atomic E-state index is 11.5. The summed E-state index contributed by atoms with van der Waals surface area (Å²) in [6.07, 6.45) is 3.63. The first-order valence-corrected chi connectivity index (χ1v) is 7.22. The van der Waals surface area contributed by atoms with Crippen LogP contribution in [0.1, 0.15) is 27.2 Å². The van der Waals surface area contributed by atoms with Crippen LogP contribution in [-0.4, -0.2) is 41.8 Å². The fourth-order valence-electron chi connectivity index (χ4n) is 1.51. The van der Waals surface area contributed by atoms with Crippen LogP contribution in [0.2, 0.25) is 0 Å². The molecule has 7 heteroatoms. The van der Waals surface area contributed by atoms with Crippen LogP contribution in [0.15, 0.2) is 17.0 Å². The normalized spacial score (nSPS) is 11.1. The number of aromatic nitrogens is 2. The maximum absolute atomic E-state index is 11.5. The van der Waals surface area contributed by atoms with Crippen molar-refractivity contribution in [3.63, 3.8) is 0 Å². The second-order valence-corrected chi connectivity index (χ2v) is 6.25. The van der Waals surface area contributed by atoms with E-state index in [1.54, 1.807) is 6.20 Å². The van der Waals surface area contributed by atoms with Gasteiger partial charge in [0.15, 0.2) is 0 Å². The first-order chi connectivity index (χ1) is 9.29. The number of ether oxygens (including phenoxy) is 1. The van der Waals surface area contributed by atoms with Crippen molar-refractivity contribution >= 4 is 27.8 Å². The van der Waals surface area contributed by atoms with Gasteiger partial charge in [-0.15, -0.1) is 0 Å². The molecular weight excluding hydrogens is 324 g/mol. The number of alkyl carbamates (subject to hydrolysis) is 1. The van der Waals surface area contributed by atoms with E-state index in [4.69, 9.17) is 4.74 Å². The lowest BCUT2D eigenvalue weighted by molar-refractivity contribution is 0.0527. The van der Waals surface area contributed by atoms with Crippen LogP contribution in [-0.2, 0) is 4.74 Å². The monoisotopic (exact) mass is 344 g/mol. The Morgan fingerprint density at radius 1 is 1.50 bits per heavy atom. The molecule has 0 bridgehead atoms. The third kappa shape index (κ3) is 6.18. The number of amides is 1. The second-order valence-electron chi connectivity index (χ2n) is 5.40. The maximum Gasteiger partial charge on any atom is 0.407 e. The van der Waals surface area contributed by atoms with E-state index in [1.807, 2.05) is 32.7 Å². The van der Waals surface area contributed by atoms with Gasteiger partial charge < -0.3 is 15.0 Å². The van der Waals surface area contributed by atoms with Gasteiger partial charge in [0.25, 0.3) is 0 Å². The van der Waals surface area contributed by atoms with Crippen molar-refractivity contribution in [2.75, 3.05) is 25.0 Å². The van der Waals surface area contributed by atoms with Gasteiger partial charge in [-0.1, -0.05) is 0 Å². The fourth-order valence-corrected chi connectivity index (χ4v) is 2.04. The van der Waals surface area contributed by atoms with Gasteiger partial charge in [-0.25, -0.2) is 14.8 Å². The lowest BCUT2D eigenvalue weighted by atomic mass is 10.2. The van der Waals surface area contributed by atoms with E-state index in [-0.39, 0.29) is 6.09 Å². The van der Waals surface area contributed by atoms with Crippen LogP contribution in [0.3, 0.4) is 0 Å². The van der Waals surface area contributed by atoms with E-state index >= 15 is 0 Å². The summed E-state index contributed by atoms with van der Waals surface area (Å²) in [4.78, 5) is 21.6. The Bertz CT molecular complexity index is 448. The van der Waals surface area contributed by atoms with Crippen LogP contribution in [0.4, 0.5) is 10.6 Å². The number of halogens is 1. The third-order valence-electron chi connectivity index (χ3n) is 2.35. The summed E-state index contributed by atoms with van der Waals surface area (Å²) in [5.74, 6) is 0.831. The van der Waals surface area contributed by atoms with Crippen LogP contribution >= 0.6 is 15.9 Å². The van der Waals surface area contributed by atoms with Gasteiger partial charge in [-0.3, -0.25) is 0 Å². The molecule has 0 aromatic carbocycles. The van der Waals surface area contributed by atoms with Gasteiger partial charge in [-0.2, -0.15) is 0 Å². The molecule has 0 spiro atoms. The Morgan fingerprint density at radius 2 is 2.20 bits per heavy atom. The van der Waals surface area contributed by atoms with E-state index in [0.29, 0.717) is 6.54 Å². The lowest BCUT2D eigenvalue weighted by Crippen LogP contribution is -2.34. The van der Waals surface area contributed by atoms with Gasteiger partial charge in [0.2, 0.25) is 0 Å². The Kier molecular flexibility index (Phi) is 6.19. The molecule has 0 aliphatic rings. The molecule has 1 aromatic rings. The number of anilines is 1. The number of hydrogen-bond donors (Lipinski definition) is 1. The Balaban J connectivity index is 2.28. The third-order valence-corrected chi connectivity index (χ3v) is 2.91. The van der Waals surface area contributed by atoms with Crippen LogP contribution in [0, 0.1) is 0 Å². The van der Waals surface area contributed by atoms with Crippen molar-refractivity contribution in [3.8, 4) is 0 Å². The molecule has 0 aliphatic carbocycles. The highest BCUT2D eigenvalue weighted by Crippen LogP contribution is 2.20.